The molecule has 0 bridgehead atoms. The van der Waals surface area contributed by atoms with E-state index >= 15 is 0 Å². The summed E-state index contributed by atoms with van der Waals surface area (Å²) >= 11 is 1.65. The molecule has 4 aromatic rings. The van der Waals surface area contributed by atoms with Gasteiger partial charge >= 0.3 is 0 Å². The summed E-state index contributed by atoms with van der Waals surface area (Å²) in [5.41, 5.74) is 1.06. The Hall–Kier alpha value is -2.90. The Balaban J connectivity index is 1.46. The molecule has 2 aromatic heterocycles. The van der Waals surface area contributed by atoms with E-state index in [1.54, 1.807) is 18.4 Å². The van der Waals surface area contributed by atoms with Crippen LogP contribution in [0.25, 0.3) is 20.8 Å². The summed E-state index contributed by atoms with van der Waals surface area (Å²) in [6.45, 7) is 1.96. The molecule has 3 heterocycles. The maximum absolute atomic E-state index is 6.48. The molecule has 1 fully saturated rings. The summed E-state index contributed by atoms with van der Waals surface area (Å²) in [6.07, 6.45) is 2.75. The van der Waals surface area contributed by atoms with Crippen molar-refractivity contribution in [1.82, 2.24) is 15.5 Å². The largest absolute Gasteiger partial charge is 0.497 e. The molecular weight excluding hydrogens is 398 g/mol. The Bertz CT molecular complexity index is 1150. The molecule has 5 rings (SSSR count). The molecule has 0 radical (unpaired) electrons. The third kappa shape index (κ3) is 3.91. The molecule has 1 N–H and O–H groups in total. The molecule has 6 nitrogen and oxygen atoms in total. The highest BCUT2D eigenvalue weighted by atomic mass is 32.1. The third-order valence-electron chi connectivity index (χ3n) is 5.28. The van der Waals surface area contributed by atoms with Crippen molar-refractivity contribution >= 4 is 21.4 Å². The maximum atomic E-state index is 6.48. The van der Waals surface area contributed by atoms with Crippen LogP contribution in [0, 0.1) is 0 Å². The quantitative estimate of drug-likeness (QED) is 0.487. The van der Waals surface area contributed by atoms with Gasteiger partial charge < -0.3 is 19.3 Å². The molecule has 0 saturated carbocycles. The summed E-state index contributed by atoms with van der Waals surface area (Å²) in [5.74, 6) is 2.84. The van der Waals surface area contributed by atoms with Crippen LogP contribution in [0.2, 0.25) is 0 Å². The van der Waals surface area contributed by atoms with Crippen LogP contribution in [0.4, 0.5) is 0 Å². The average Bonchev–Trinajstić information content (AvgIpc) is 3.39. The highest BCUT2D eigenvalue weighted by molar-refractivity contribution is 7.22. The number of ether oxygens (including phenoxy) is 2. The highest BCUT2D eigenvalue weighted by Crippen LogP contribution is 2.44. The maximum Gasteiger partial charge on any atom is 0.231 e. The Morgan fingerprint density at radius 2 is 2.00 bits per heavy atom. The van der Waals surface area contributed by atoms with Crippen molar-refractivity contribution < 1.29 is 14.0 Å². The minimum atomic E-state index is 0.200. The average molecular weight is 422 g/mol. The second-order valence-corrected chi connectivity index (χ2v) is 8.42. The molecule has 1 aliphatic heterocycles. The lowest BCUT2D eigenvalue weighted by Gasteiger charge is -2.24. The van der Waals surface area contributed by atoms with Crippen LogP contribution < -0.4 is 14.8 Å². The number of nitrogens with one attached hydrogen (secondary N) is 1. The van der Waals surface area contributed by atoms with Crippen LogP contribution in [-0.4, -0.2) is 36.4 Å². The fourth-order valence-corrected chi connectivity index (χ4v) is 4.80. The number of piperidine rings is 1. The first-order valence-electron chi connectivity index (χ1n) is 10.1. The summed E-state index contributed by atoms with van der Waals surface area (Å²) in [6, 6.07) is 16.2. The molecule has 2 aromatic carbocycles. The van der Waals surface area contributed by atoms with E-state index in [9.17, 15) is 0 Å². The van der Waals surface area contributed by atoms with Crippen molar-refractivity contribution in [2.75, 3.05) is 20.2 Å². The first-order chi connectivity index (χ1) is 14.8. The zero-order valence-electron chi connectivity index (χ0n) is 16.8. The van der Waals surface area contributed by atoms with Gasteiger partial charge in [-0.25, -0.2) is 0 Å². The fraction of sp³-hybridized carbons (Fsp3) is 0.304. The number of rotatable bonds is 6. The predicted octanol–water partition coefficient (Wildman–Crippen LogP) is 4.68. The molecule has 0 atom stereocenters. The van der Waals surface area contributed by atoms with E-state index in [4.69, 9.17) is 14.0 Å². The van der Waals surface area contributed by atoms with Crippen LogP contribution in [-0.2, 0) is 6.42 Å². The van der Waals surface area contributed by atoms with Crippen LogP contribution >= 0.6 is 11.3 Å². The Morgan fingerprint density at radius 3 is 2.87 bits per heavy atom. The van der Waals surface area contributed by atoms with E-state index in [0.29, 0.717) is 18.1 Å². The Kier molecular flexibility index (Phi) is 5.38. The number of aromatic nitrogens is 2. The first kappa shape index (κ1) is 19.1. The Labute approximate surface area is 178 Å². The topological polar surface area (TPSA) is 69.4 Å². The summed E-state index contributed by atoms with van der Waals surface area (Å²) in [7, 11) is 1.66. The molecule has 1 aliphatic rings. The van der Waals surface area contributed by atoms with Crippen molar-refractivity contribution in [3.05, 3.63) is 60.0 Å². The van der Waals surface area contributed by atoms with Gasteiger partial charge in [0, 0.05) is 10.1 Å². The second-order valence-electron chi connectivity index (χ2n) is 7.36. The van der Waals surface area contributed by atoms with Crippen molar-refractivity contribution in [1.29, 1.82) is 0 Å². The van der Waals surface area contributed by atoms with Crippen LogP contribution in [0.3, 0.4) is 0 Å². The van der Waals surface area contributed by atoms with E-state index < -0.39 is 0 Å². The van der Waals surface area contributed by atoms with E-state index in [1.807, 2.05) is 36.4 Å². The van der Waals surface area contributed by atoms with Gasteiger partial charge in [-0.2, -0.15) is 4.98 Å². The van der Waals surface area contributed by atoms with Crippen LogP contribution in [0.5, 0.6) is 11.5 Å². The minimum Gasteiger partial charge on any atom is -0.497 e. The molecule has 154 valence electrons. The predicted molar refractivity (Wildman–Crippen MR) is 117 cm³/mol. The summed E-state index contributed by atoms with van der Waals surface area (Å²) in [4.78, 5) is 5.61. The molecule has 0 aliphatic carbocycles. The fourth-order valence-electron chi connectivity index (χ4n) is 3.74. The van der Waals surface area contributed by atoms with Crippen LogP contribution in [0.15, 0.2) is 53.1 Å². The monoisotopic (exact) mass is 421 g/mol. The standard InChI is InChI=1S/C23H23N3O3S/c1-27-17-6-4-5-15(13-17)14-20-25-23(26-29-20)22-21(28-16-9-11-24-12-10-16)18-7-2-3-8-19(18)30-22/h2-8,13,16,24H,9-12,14H2,1H3. The van der Waals surface area contributed by atoms with Gasteiger partial charge in [0.1, 0.15) is 22.5 Å². The zero-order chi connectivity index (χ0) is 20.3. The van der Waals surface area contributed by atoms with Gasteiger partial charge in [-0.3, -0.25) is 0 Å². The van der Waals surface area contributed by atoms with Gasteiger partial charge in [0.15, 0.2) is 0 Å². The Morgan fingerprint density at radius 1 is 1.13 bits per heavy atom. The molecule has 1 saturated heterocycles. The van der Waals surface area contributed by atoms with Gasteiger partial charge in [0.2, 0.25) is 11.7 Å². The van der Waals surface area contributed by atoms with Gasteiger partial charge in [0.05, 0.1) is 13.5 Å². The molecule has 0 amide bonds. The van der Waals surface area contributed by atoms with Gasteiger partial charge in [-0.1, -0.05) is 29.4 Å². The summed E-state index contributed by atoms with van der Waals surface area (Å²) in [5, 5.41) is 8.77. The highest BCUT2D eigenvalue weighted by Gasteiger charge is 2.23. The van der Waals surface area contributed by atoms with E-state index in [2.05, 4.69) is 27.6 Å². The number of methoxy groups -OCH3 is 1. The number of benzene rings is 2. The van der Waals surface area contributed by atoms with Crippen molar-refractivity contribution in [3.63, 3.8) is 0 Å². The third-order valence-corrected chi connectivity index (χ3v) is 6.43. The molecule has 30 heavy (non-hydrogen) atoms. The van der Waals surface area contributed by atoms with E-state index in [-0.39, 0.29) is 6.10 Å². The van der Waals surface area contributed by atoms with Crippen molar-refractivity contribution in [2.24, 2.45) is 0 Å². The number of nitrogens with zero attached hydrogens (tertiary/aromatic N) is 2. The van der Waals surface area contributed by atoms with E-state index in [1.165, 1.54) is 0 Å². The van der Waals surface area contributed by atoms with Crippen molar-refractivity contribution in [3.8, 4) is 22.2 Å². The van der Waals surface area contributed by atoms with Gasteiger partial charge in [-0.15, -0.1) is 11.3 Å². The summed E-state index contributed by atoms with van der Waals surface area (Å²) < 4.78 is 18.5. The van der Waals surface area contributed by atoms with Crippen molar-refractivity contribution in [2.45, 2.75) is 25.4 Å². The number of thiophene rings is 1. The van der Waals surface area contributed by atoms with Gasteiger partial charge in [-0.05, 0) is 55.8 Å². The molecule has 0 spiro atoms. The number of hydrogen-bond donors (Lipinski definition) is 1. The smallest absolute Gasteiger partial charge is 0.231 e. The SMILES string of the molecule is COc1cccc(Cc2nc(-c3sc4ccccc4c3OC3CCNCC3)no2)c1. The second kappa shape index (κ2) is 8.45. The lowest BCUT2D eigenvalue weighted by molar-refractivity contribution is 0.166. The minimum absolute atomic E-state index is 0.200. The zero-order valence-corrected chi connectivity index (χ0v) is 17.6. The lowest BCUT2D eigenvalue weighted by Crippen LogP contribution is -2.34. The normalized spacial score (nSPS) is 14.8. The molecule has 7 heteroatoms. The van der Waals surface area contributed by atoms with Gasteiger partial charge in [0.25, 0.3) is 0 Å². The lowest BCUT2D eigenvalue weighted by atomic mass is 10.1. The first-order valence-corrected chi connectivity index (χ1v) is 11.0. The van der Waals surface area contributed by atoms with Crippen LogP contribution in [0.1, 0.15) is 24.3 Å². The molecule has 0 unspecified atom stereocenters. The number of hydrogen-bond acceptors (Lipinski definition) is 7. The molecular formula is C23H23N3O3S. The van der Waals surface area contributed by atoms with E-state index in [0.717, 1.165) is 58.0 Å². The number of fused-ring (bicyclic) bond motifs is 1.